The number of aliphatic hydroxyl groups excluding tert-OH is 1. The van der Waals surface area contributed by atoms with Gasteiger partial charge in [0.15, 0.2) is 0 Å². The maximum Gasteiger partial charge on any atom is 0.340 e. The fourth-order valence-corrected chi connectivity index (χ4v) is 1.22. The molecule has 0 aliphatic heterocycles. The first kappa shape index (κ1) is 9.60. The van der Waals surface area contributed by atoms with Crippen molar-refractivity contribution in [3.05, 3.63) is 39.2 Å². The molecule has 0 bridgehead atoms. The average Bonchev–Trinajstić information content (AvgIpc) is 2.03. The summed E-state index contributed by atoms with van der Waals surface area (Å²) in [6.45, 7) is 3.37. The van der Waals surface area contributed by atoms with E-state index < -0.39 is 11.2 Å². The van der Waals surface area contributed by atoms with E-state index >= 15 is 0 Å². The van der Waals surface area contributed by atoms with Crippen molar-refractivity contribution in [2.24, 2.45) is 0 Å². The Morgan fingerprint density at radius 3 is 2.31 bits per heavy atom. The molecule has 0 saturated carbocycles. The van der Waals surface area contributed by atoms with Gasteiger partial charge in [0.05, 0.1) is 10.5 Å². The number of nitro groups is 1. The van der Waals surface area contributed by atoms with Gasteiger partial charge in [0.1, 0.15) is 0 Å². The van der Waals surface area contributed by atoms with E-state index in [0.717, 1.165) is 0 Å². The van der Waals surface area contributed by atoms with Gasteiger partial charge in [-0.25, -0.2) is 0 Å². The number of aromatic nitrogens is 1. The number of aliphatic hydroxyl groups is 1. The van der Waals surface area contributed by atoms with E-state index in [0.29, 0.717) is 16.7 Å². The van der Waals surface area contributed by atoms with Crippen molar-refractivity contribution in [3.8, 4) is 0 Å². The molecule has 1 N–H and O–H groups in total. The normalized spacial score (nSPS) is 12.5. The van der Waals surface area contributed by atoms with Crippen LogP contribution in [0.25, 0.3) is 0 Å². The zero-order valence-electron chi connectivity index (χ0n) is 7.39. The molecular weight excluding hydrogens is 172 g/mol. The number of hydrogen-bond acceptors (Lipinski definition) is 4. The summed E-state index contributed by atoms with van der Waals surface area (Å²) in [5, 5.41) is 19.6. The van der Waals surface area contributed by atoms with Crippen molar-refractivity contribution in [1.29, 1.82) is 0 Å². The van der Waals surface area contributed by atoms with E-state index in [1.807, 2.05) is 0 Å². The van der Waals surface area contributed by atoms with Crippen LogP contribution in [0, 0.1) is 24.0 Å². The van der Waals surface area contributed by atoms with E-state index in [9.17, 15) is 15.2 Å². The minimum atomic E-state index is -1.65. The Balaban J connectivity index is 3.20. The maximum atomic E-state index is 10.3. The molecule has 13 heavy (non-hydrogen) atoms. The van der Waals surface area contributed by atoms with Crippen LogP contribution in [0.3, 0.4) is 0 Å². The van der Waals surface area contributed by atoms with Gasteiger partial charge in [-0.1, -0.05) is 0 Å². The van der Waals surface area contributed by atoms with E-state index in [-0.39, 0.29) is 0 Å². The van der Waals surface area contributed by atoms with Crippen LogP contribution in [-0.4, -0.2) is 15.0 Å². The van der Waals surface area contributed by atoms with Crippen LogP contribution in [0.2, 0.25) is 0 Å². The first-order chi connectivity index (χ1) is 6.04. The Morgan fingerprint density at radius 2 is 1.92 bits per heavy atom. The average molecular weight is 182 g/mol. The van der Waals surface area contributed by atoms with Crippen molar-refractivity contribution >= 4 is 0 Å². The minimum Gasteiger partial charge on any atom is -0.329 e. The van der Waals surface area contributed by atoms with Crippen LogP contribution in [0.1, 0.15) is 22.9 Å². The minimum absolute atomic E-state index is 0.333. The van der Waals surface area contributed by atoms with Crippen LogP contribution >= 0.6 is 0 Å². The monoisotopic (exact) mass is 182 g/mol. The summed E-state index contributed by atoms with van der Waals surface area (Å²) in [6.07, 6.45) is 1.34. The van der Waals surface area contributed by atoms with E-state index in [1.54, 1.807) is 13.8 Å². The summed E-state index contributed by atoms with van der Waals surface area (Å²) in [7, 11) is 0. The van der Waals surface area contributed by atoms with Crippen molar-refractivity contribution in [3.63, 3.8) is 0 Å². The zero-order chi connectivity index (χ0) is 10.0. The topological polar surface area (TPSA) is 76.3 Å². The summed E-state index contributed by atoms with van der Waals surface area (Å²) < 4.78 is 0. The number of aryl methyl sites for hydroxylation is 2. The van der Waals surface area contributed by atoms with E-state index in [4.69, 9.17) is 0 Å². The molecular formula is C8H10N2O3. The van der Waals surface area contributed by atoms with Crippen LogP contribution in [0.4, 0.5) is 0 Å². The Hall–Kier alpha value is -1.49. The standard InChI is InChI=1S/C8H10N2O3/c1-5-3-9-4-6(2)7(5)8(11)10(12)13/h3-4,8,11H,1-2H3. The lowest BCUT2D eigenvalue weighted by Gasteiger charge is -2.08. The summed E-state index contributed by atoms with van der Waals surface area (Å²) in [5.74, 6) is 0. The highest BCUT2D eigenvalue weighted by atomic mass is 16.7. The third-order valence-corrected chi connectivity index (χ3v) is 1.84. The lowest BCUT2D eigenvalue weighted by atomic mass is 10.1. The Morgan fingerprint density at radius 1 is 1.46 bits per heavy atom. The molecule has 0 radical (unpaired) electrons. The van der Waals surface area contributed by atoms with Gasteiger partial charge in [0.2, 0.25) is 0 Å². The summed E-state index contributed by atoms with van der Waals surface area (Å²) in [6, 6.07) is 0. The highest BCUT2D eigenvalue weighted by Crippen LogP contribution is 2.20. The third kappa shape index (κ3) is 1.81. The van der Waals surface area contributed by atoms with Crippen molar-refractivity contribution in [2.45, 2.75) is 20.1 Å². The van der Waals surface area contributed by atoms with Crippen LogP contribution in [-0.2, 0) is 0 Å². The molecule has 1 rings (SSSR count). The second kappa shape index (κ2) is 3.49. The number of nitrogens with zero attached hydrogens (tertiary/aromatic N) is 2. The SMILES string of the molecule is Cc1cncc(C)c1C(O)[N+](=O)[O-]. The predicted octanol–water partition coefficient (Wildman–Crippen LogP) is 0.966. The molecule has 70 valence electrons. The molecule has 1 aromatic heterocycles. The summed E-state index contributed by atoms with van der Waals surface area (Å²) in [5.41, 5.74) is 1.59. The van der Waals surface area contributed by atoms with Gasteiger partial charge in [-0.05, 0) is 25.0 Å². The van der Waals surface area contributed by atoms with Gasteiger partial charge in [0, 0.05) is 12.4 Å². The molecule has 1 heterocycles. The fourth-order valence-electron chi connectivity index (χ4n) is 1.22. The van der Waals surface area contributed by atoms with Crippen molar-refractivity contribution in [2.75, 3.05) is 0 Å². The maximum absolute atomic E-state index is 10.3. The van der Waals surface area contributed by atoms with Crippen LogP contribution in [0.5, 0.6) is 0 Å². The predicted molar refractivity (Wildman–Crippen MR) is 45.7 cm³/mol. The highest BCUT2D eigenvalue weighted by Gasteiger charge is 2.22. The van der Waals surface area contributed by atoms with E-state index in [1.165, 1.54) is 12.4 Å². The first-order valence-electron chi connectivity index (χ1n) is 3.76. The zero-order valence-corrected chi connectivity index (χ0v) is 7.39. The molecule has 1 aromatic rings. The summed E-state index contributed by atoms with van der Waals surface area (Å²) in [4.78, 5) is 13.5. The number of rotatable bonds is 2. The molecule has 0 saturated heterocycles. The lowest BCUT2D eigenvalue weighted by Crippen LogP contribution is -2.12. The fraction of sp³-hybridized carbons (Fsp3) is 0.375. The smallest absolute Gasteiger partial charge is 0.329 e. The van der Waals surface area contributed by atoms with Gasteiger partial charge in [0.25, 0.3) is 0 Å². The largest absolute Gasteiger partial charge is 0.340 e. The molecule has 1 unspecified atom stereocenters. The van der Waals surface area contributed by atoms with Crippen LogP contribution in [0.15, 0.2) is 12.4 Å². The lowest BCUT2D eigenvalue weighted by molar-refractivity contribution is -0.578. The molecule has 0 aliphatic rings. The molecule has 0 aromatic carbocycles. The molecule has 1 atom stereocenters. The number of hydrogen-bond donors (Lipinski definition) is 1. The van der Waals surface area contributed by atoms with Gasteiger partial charge in [-0.15, -0.1) is 0 Å². The van der Waals surface area contributed by atoms with Gasteiger partial charge >= 0.3 is 6.23 Å². The molecule has 0 amide bonds. The molecule has 0 fully saturated rings. The molecule has 0 aliphatic carbocycles. The quantitative estimate of drug-likeness (QED) is 0.420. The van der Waals surface area contributed by atoms with Gasteiger partial charge in [-0.3, -0.25) is 15.1 Å². The third-order valence-electron chi connectivity index (χ3n) is 1.84. The van der Waals surface area contributed by atoms with Crippen molar-refractivity contribution < 1.29 is 10.0 Å². The van der Waals surface area contributed by atoms with Crippen LogP contribution < -0.4 is 0 Å². The number of pyridine rings is 1. The van der Waals surface area contributed by atoms with Crippen molar-refractivity contribution in [1.82, 2.24) is 4.98 Å². The Bertz CT molecular complexity index is 318. The van der Waals surface area contributed by atoms with Gasteiger partial charge < -0.3 is 5.11 Å². The molecule has 5 nitrogen and oxygen atoms in total. The first-order valence-corrected chi connectivity index (χ1v) is 3.76. The second-order valence-corrected chi connectivity index (χ2v) is 2.85. The Kier molecular flexibility index (Phi) is 2.57. The molecule has 5 heteroatoms. The second-order valence-electron chi connectivity index (χ2n) is 2.85. The van der Waals surface area contributed by atoms with Gasteiger partial charge in [-0.2, -0.15) is 0 Å². The summed E-state index contributed by atoms with van der Waals surface area (Å²) >= 11 is 0. The highest BCUT2D eigenvalue weighted by molar-refractivity contribution is 5.30. The van der Waals surface area contributed by atoms with E-state index in [2.05, 4.69) is 4.98 Å². The Labute approximate surface area is 75.2 Å². The molecule has 0 spiro atoms.